The molecule has 3 aliphatic carbocycles. The Hall–Kier alpha value is -1.56. The van der Waals surface area contributed by atoms with Gasteiger partial charge >= 0.3 is 6.09 Å². The number of alkyl carbamates (subject to hydrolysis) is 1. The van der Waals surface area contributed by atoms with Crippen LogP contribution in [0.4, 0.5) is 4.79 Å². The summed E-state index contributed by atoms with van der Waals surface area (Å²) in [6.45, 7) is 6.12. The zero-order valence-electron chi connectivity index (χ0n) is 13.7. The van der Waals surface area contributed by atoms with Crippen molar-refractivity contribution in [1.82, 2.24) is 10.3 Å². The van der Waals surface area contributed by atoms with E-state index in [0.29, 0.717) is 6.54 Å². The molecular weight excluding hydrogens is 312 g/mol. The molecule has 1 aromatic rings. The smallest absolute Gasteiger partial charge is 0.407 e. The number of ether oxygens (including phenoxy) is 1. The first kappa shape index (κ1) is 16.3. The zero-order chi connectivity index (χ0) is 16.7. The summed E-state index contributed by atoms with van der Waals surface area (Å²) >= 11 is 1.23. The van der Waals surface area contributed by atoms with Gasteiger partial charge in [-0.15, -0.1) is 0 Å². The summed E-state index contributed by atoms with van der Waals surface area (Å²) in [5.74, 6) is 0. The predicted octanol–water partition coefficient (Wildman–Crippen LogP) is 3.40. The molecule has 1 amide bonds. The number of nitrogens with one attached hydrogen (secondary N) is 1. The van der Waals surface area contributed by atoms with E-state index in [2.05, 4.69) is 10.3 Å². The molecule has 0 atom stereocenters. The summed E-state index contributed by atoms with van der Waals surface area (Å²) in [5, 5.41) is 3.79. The van der Waals surface area contributed by atoms with Crippen LogP contribution in [0.2, 0.25) is 0 Å². The second kappa shape index (κ2) is 5.51. The van der Waals surface area contributed by atoms with E-state index in [1.165, 1.54) is 11.8 Å². The Morgan fingerprint density at radius 3 is 2.57 bits per heavy atom. The first-order valence-corrected chi connectivity index (χ1v) is 8.64. The van der Waals surface area contributed by atoms with E-state index in [-0.39, 0.29) is 22.0 Å². The Kier molecular flexibility index (Phi) is 3.91. The van der Waals surface area contributed by atoms with Crippen LogP contribution in [0.1, 0.15) is 40.0 Å². The molecule has 3 saturated carbocycles. The molecule has 1 heterocycles. The van der Waals surface area contributed by atoms with Gasteiger partial charge in [0.05, 0.1) is 0 Å². The number of carbonyl (C=O) groups is 2. The summed E-state index contributed by atoms with van der Waals surface area (Å²) in [4.78, 5) is 28.3. The first-order chi connectivity index (χ1) is 10.7. The van der Waals surface area contributed by atoms with Gasteiger partial charge in [0, 0.05) is 18.2 Å². The number of carbonyl (C=O) groups excluding carboxylic acids is 2. The van der Waals surface area contributed by atoms with Crippen LogP contribution in [-0.4, -0.2) is 28.3 Å². The first-order valence-electron chi connectivity index (χ1n) is 7.82. The van der Waals surface area contributed by atoms with Gasteiger partial charge in [-0.2, -0.15) is 0 Å². The van der Waals surface area contributed by atoms with Gasteiger partial charge in [-0.3, -0.25) is 4.79 Å². The van der Waals surface area contributed by atoms with Crippen molar-refractivity contribution in [2.45, 2.75) is 50.7 Å². The lowest BCUT2D eigenvalue weighted by Gasteiger charge is -2.69. The van der Waals surface area contributed by atoms with Crippen LogP contribution in [0.5, 0.6) is 0 Å². The fourth-order valence-corrected chi connectivity index (χ4v) is 4.47. The molecule has 2 bridgehead atoms. The lowest BCUT2D eigenvalue weighted by atomic mass is 9.35. The van der Waals surface area contributed by atoms with Crippen molar-refractivity contribution in [3.63, 3.8) is 0 Å². The molecule has 0 radical (unpaired) electrons. The summed E-state index contributed by atoms with van der Waals surface area (Å²) in [6.07, 6.45) is 3.88. The lowest BCUT2D eigenvalue weighted by Crippen LogP contribution is -2.68. The fraction of sp³-hybridized carbons (Fsp3) is 0.588. The van der Waals surface area contributed by atoms with E-state index in [0.717, 1.165) is 24.3 Å². The van der Waals surface area contributed by atoms with Crippen molar-refractivity contribution in [2.75, 3.05) is 6.54 Å². The molecule has 3 aliphatic rings. The monoisotopic (exact) mass is 334 g/mol. The van der Waals surface area contributed by atoms with Crippen LogP contribution in [0.25, 0.3) is 0 Å². The molecule has 1 aromatic heterocycles. The Labute approximate surface area is 140 Å². The van der Waals surface area contributed by atoms with E-state index < -0.39 is 5.60 Å². The van der Waals surface area contributed by atoms with Crippen LogP contribution < -0.4 is 5.32 Å². The average Bonchev–Trinajstić information content (AvgIpc) is 2.34. The largest absolute Gasteiger partial charge is 0.444 e. The van der Waals surface area contributed by atoms with Gasteiger partial charge < -0.3 is 10.1 Å². The standard InChI is InChI=1S/C17H22N2O3S/c1-15(2,3)22-14(21)19-11-16-8-17(9-16,10-16)13(20)23-12-6-4-5-7-18-12/h4-7H,8-11H2,1-3H3,(H,19,21). The minimum absolute atomic E-state index is 0.0945. The van der Waals surface area contributed by atoms with Gasteiger partial charge in [-0.25, -0.2) is 9.78 Å². The molecule has 0 aromatic carbocycles. The number of aromatic nitrogens is 1. The Morgan fingerprint density at radius 2 is 2.00 bits per heavy atom. The molecule has 23 heavy (non-hydrogen) atoms. The third kappa shape index (κ3) is 3.37. The van der Waals surface area contributed by atoms with E-state index in [4.69, 9.17) is 4.74 Å². The summed E-state index contributed by atoms with van der Waals surface area (Å²) in [6, 6.07) is 5.58. The zero-order valence-corrected chi connectivity index (χ0v) is 14.5. The summed E-state index contributed by atoms with van der Waals surface area (Å²) < 4.78 is 5.24. The molecule has 6 heteroatoms. The third-order valence-electron chi connectivity index (χ3n) is 4.41. The molecule has 3 fully saturated rings. The van der Waals surface area contributed by atoms with Crippen molar-refractivity contribution in [3.8, 4) is 0 Å². The highest BCUT2D eigenvalue weighted by Crippen LogP contribution is 2.74. The van der Waals surface area contributed by atoms with E-state index in [1.54, 1.807) is 6.20 Å². The molecule has 0 unspecified atom stereocenters. The van der Waals surface area contributed by atoms with E-state index >= 15 is 0 Å². The van der Waals surface area contributed by atoms with E-state index in [1.807, 2.05) is 39.0 Å². The minimum atomic E-state index is -0.486. The van der Waals surface area contributed by atoms with Gasteiger partial charge in [0.1, 0.15) is 10.6 Å². The molecular formula is C17H22N2O3S. The highest BCUT2D eigenvalue weighted by Gasteiger charge is 2.71. The molecule has 5 nitrogen and oxygen atoms in total. The van der Waals surface area contributed by atoms with Crippen molar-refractivity contribution in [3.05, 3.63) is 24.4 Å². The fourth-order valence-electron chi connectivity index (χ4n) is 3.59. The Bertz CT molecular complexity index is 605. The molecule has 0 spiro atoms. The van der Waals surface area contributed by atoms with Crippen molar-refractivity contribution in [2.24, 2.45) is 10.8 Å². The van der Waals surface area contributed by atoms with Crippen LogP contribution in [0.15, 0.2) is 29.4 Å². The van der Waals surface area contributed by atoms with Crippen molar-refractivity contribution in [1.29, 1.82) is 0 Å². The maximum Gasteiger partial charge on any atom is 0.407 e. The van der Waals surface area contributed by atoms with Gasteiger partial charge in [-0.1, -0.05) is 6.07 Å². The number of hydrogen-bond donors (Lipinski definition) is 1. The quantitative estimate of drug-likeness (QED) is 0.855. The van der Waals surface area contributed by atoms with Gasteiger partial charge in [0.25, 0.3) is 0 Å². The summed E-state index contributed by atoms with van der Waals surface area (Å²) in [7, 11) is 0. The molecule has 4 rings (SSSR count). The van der Waals surface area contributed by atoms with Crippen molar-refractivity contribution < 1.29 is 14.3 Å². The number of pyridine rings is 1. The molecule has 0 aliphatic heterocycles. The van der Waals surface area contributed by atoms with Gasteiger partial charge in [0.15, 0.2) is 0 Å². The second-order valence-corrected chi connectivity index (χ2v) is 8.72. The number of rotatable bonds is 4. The maximum atomic E-state index is 12.4. The minimum Gasteiger partial charge on any atom is -0.444 e. The number of amides is 1. The number of hydrogen-bond acceptors (Lipinski definition) is 5. The Morgan fingerprint density at radius 1 is 1.30 bits per heavy atom. The van der Waals surface area contributed by atoms with Crippen LogP contribution in [-0.2, 0) is 9.53 Å². The van der Waals surface area contributed by atoms with E-state index in [9.17, 15) is 9.59 Å². The maximum absolute atomic E-state index is 12.4. The second-order valence-electron chi connectivity index (χ2n) is 7.72. The van der Waals surface area contributed by atoms with Gasteiger partial charge in [0.2, 0.25) is 5.12 Å². The van der Waals surface area contributed by atoms with Gasteiger partial charge in [-0.05, 0) is 69.3 Å². The van der Waals surface area contributed by atoms with Crippen LogP contribution in [0, 0.1) is 10.8 Å². The normalized spacial score (nSPS) is 28.3. The average molecular weight is 334 g/mol. The topological polar surface area (TPSA) is 68.3 Å². The molecule has 124 valence electrons. The van der Waals surface area contributed by atoms with Crippen LogP contribution in [0.3, 0.4) is 0 Å². The number of thioether (sulfide) groups is 1. The highest BCUT2D eigenvalue weighted by molar-refractivity contribution is 8.13. The van der Waals surface area contributed by atoms with Crippen molar-refractivity contribution >= 4 is 23.0 Å². The Balaban J connectivity index is 1.45. The predicted molar refractivity (Wildman–Crippen MR) is 88.1 cm³/mol. The SMILES string of the molecule is CC(C)(C)OC(=O)NCC12CC(C(=O)Sc3ccccn3)(C1)C2. The molecule has 0 saturated heterocycles. The third-order valence-corrected chi connectivity index (χ3v) is 5.48. The highest BCUT2D eigenvalue weighted by atomic mass is 32.2. The summed E-state index contributed by atoms with van der Waals surface area (Å²) in [5.41, 5.74) is -0.588. The number of nitrogens with zero attached hydrogens (tertiary/aromatic N) is 1. The lowest BCUT2D eigenvalue weighted by molar-refractivity contribution is -0.194. The van der Waals surface area contributed by atoms with Crippen LogP contribution >= 0.6 is 11.8 Å². The molecule has 1 N–H and O–H groups in total.